The molecular formula is C28H26N2O6S2. The molecule has 1 unspecified atom stereocenters. The summed E-state index contributed by atoms with van der Waals surface area (Å²) in [7, 11) is 1.60. The van der Waals surface area contributed by atoms with Gasteiger partial charge in [0.1, 0.15) is 29.0 Å². The van der Waals surface area contributed by atoms with E-state index < -0.39 is 17.7 Å². The second-order valence-electron chi connectivity index (χ2n) is 8.49. The first kappa shape index (κ1) is 25.7. The van der Waals surface area contributed by atoms with Gasteiger partial charge in [-0.05, 0) is 62.0 Å². The van der Waals surface area contributed by atoms with Gasteiger partial charge in [0.15, 0.2) is 5.13 Å². The van der Waals surface area contributed by atoms with Gasteiger partial charge >= 0.3 is 5.91 Å². The fraction of sp³-hybridized carbons (Fsp3) is 0.250. The van der Waals surface area contributed by atoms with E-state index in [1.807, 2.05) is 50.4 Å². The van der Waals surface area contributed by atoms with Crippen LogP contribution in [0.3, 0.4) is 0 Å². The van der Waals surface area contributed by atoms with Crippen molar-refractivity contribution in [2.24, 2.45) is 0 Å². The monoisotopic (exact) mass is 550 g/mol. The van der Waals surface area contributed by atoms with Crippen LogP contribution in [0, 0.1) is 6.92 Å². The maximum absolute atomic E-state index is 13.5. The Labute approximate surface area is 227 Å². The minimum Gasteiger partial charge on any atom is -0.507 e. The fourth-order valence-corrected chi connectivity index (χ4v) is 6.32. The zero-order valence-electron chi connectivity index (χ0n) is 21.3. The highest BCUT2D eigenvalue weighted by atomic mass is 32.1. The zero-order chi connectivity index (χ0) is 27.0. The maximum Gasteiger partial charge on any atom is 0.301 e. The molecule has 8 nitrogen and oxygen atoms in total. The van der Waals surface area contributed by atoms with Crippen molar-refractivity contribution in [2.45, 2.75) is 26.8 Å². The number of benzene rings is 2. The van der Waals surface area contributed by atoms with Crippen molar-refractivity contribution >= 4 is 55.5 Å². The molecule has 1 N–H and O–H groups in total. The van der Waals surface area contributed by atoms with Crippen molar-refractivity contribution < 1.29 is 28.9 Å². The molecule has 0 spiro atoms. The number of ketones is 1. The van der Waals surface area contributed by atoms with Crippen LogP contribution in [0.15, 0.2) is 53.4 Å². The Hall–Kier alpha value is -3.89. The molecule has 2 aromatic heterocycles. The SMILES string of the molecule is CCOc1ccc(/C(O)=C2\C(=O)C(=O)N(c3nc4cc(C)c(OC)cc4s3)C2c2cccs2)c(OCC)c1. The number of aromatic nitrogens is 1. The van der Waals surface area contributed by atoms with Crippen molar-refractivity contribution in [3.8, 4) is 17.2 Å². The van der Waals surface area contributed by atoms with Crippen LogP contribution >= 0.6 is 22.7 Å². The summed E-state index contributed by atoms with van der Waals surface area (Å²) in [6.45, 7) is 6.42. The average molecular weight is 551 g/mol. The van der Waals surface area contributed by atoms with Crippen molar-refractivity contribution in [1.29, 1.82) is 0 Å². The Kier molecular flexibility index (Phi) is 7.09. The molecule has 1 aliphatic heterocycles. The molecule has 1 atom stereocenters. The zero-order valence-corrected chi connectivity index (χ0v) is 22.9. The molecule has 1 aliphatic rings. The van der Waals surface area contributed by atoms with E-state index in [1.165, 1.54) is 27.6 Å². The van der Waals surface area contributed by atoms with Gasteiger partial charge in [-0.15, -0.1) is 11.3 Å². The third-order valence-electron chi connectivity index (χ3n) is 6.18. The van der Waals surface area contributed by atoms with Crippen LogP contribution in [0.1, 0.15) is 35.9 Å². The summed E-state index contributed by atoms with van der Waals surface area (Å²) < 4.78 is 17.6. The van der Waals surface area contributed by atoms with Crippen LogP contribution in [0.4, 0.5) is 5.13 Å². The summed E-state index contributed by atoms with van der Waals surface area (Å²) in [6, 6.07) is 11.6. The van der Waals surface area contributed by atoms with E-state index in [2.05, 4.69) is 0 Å². The van der Waals surface area contributed by atoms with Crippen molar-refractivity contribution in [3.05, 3.63) is 69.4 Å². The molecule has 196 valence electrons. The van der Waals surface area contributed by atoms with E-state index in [0.717, 1.165) is 15.1 Å². The number of thiophene rings is 1. The van der Waals surface area contributed by atoms with E-state index in [9.17, 15) is 14.7 Å². The summed E-state index contributed by atoms with van der Waals surface area (Å²) in [5.74, 6) is -0.211. The van der Waals surface area contributed by atoms with Gasteiger partial charge in [-0.3, -0.25) is 14.5 Å². The molecule has 10 heteroatoms. The van der Waals surface area contributed by atoms with Crippen LogP contribution in [0.5, 0.6) is 17.2 Å². The number of anilines is 1. The fourth-order valence-electron chi connectivity index (χ4n) is 4.49. The second kappa shape index (κ2) is 10.5. The quantitative estimate of drug-likeness (QED) is 0.161. The second-order valence-corrected chi connectivity index (χ2v) is 10.5. The number of hydrogen-bond donors (Lipinski definition) is 1. The van der Waals surface area contributed by atoms with E-state index in [0.29, 0.717) is 46.7 Å². The van der Waals surface area contributed by atoms with E-state index in [-0.39, 0.29) is 11.3 Å². The number of aliphatic hydroxyl groups is 1. The highest BCUT2D eigenvalue weighted by molar-refractivity contribution is 7.22. The van der Waals surface area contributed by atoms with Gasteiger partial charge in [0.2, 0.25) is 0 Å². The number of carbonyl (C=O) groups is 2. The van der Waals surface area contributed by atoms with E-state index >= 15 is 0 Å². The predicted molar refractivity (Wildman–Crippen MR) is 149 cm³/mol. The van der Waals surface area contributed by atoms with Crippen molar-refractivity contribution in [3.63, 3.8) is 0 Å². The van der Waals surface area contributed by atoms with Crippen LogP contribution in [0.2, 0.25) is 0 Å². The summed E-state index contributed by atoms with van der Waals surface area (Å²) >= 11 is 2.68. The molecule has 0 bridgehead atoms. The first-order valence-electron chi connectivity index (χ1n) is 12.1. The Morgan fingerprint density at radius 3 is 2.55 bits per heavy atom. The smallest absolute Gasteiger partial charge is 0.301 e. The third-order valence-corrected chi connectivity index (χ3v) is 8.12. The molecule has 2 aromatic carbocycles. The molecule has 1 amide bonds. The van der Waals surface area contributed by atoms with Crippen LogP contribution in [-0.4, -0.2) is 42.1 Å². The first-order valence-corrected chi connectivity index (χ1v) is 13.8. The lowest BCUT2D eigenvalue weighted by Gasteiger charge is -2.21. The molecule has 1 fully saturated rings. The Morgan fingerprint density at radius 2 is 1.87 bits per heavy atom. The molecule has 38 heavy (non-hydrogen) atoms. The number of methoxy groups -OCH3 is 1. The highest BCUT2D eigenvalue weighted by Gasteiger charge is 2.49. The number of Topliss-reactive ketones (excluding diaryl/α,β-unsaturated/α-hetero) is 1. The molecule has 5 rings (SSSR count). The van der Waals surface area contributed by atoms with Gasteiger partial charge in [0.25, 0.3) is 5.78 Å². The third kappa shape index (κ3) is 4.39. The molecule has 4 aromatic rings. The molecule has 0 radical (unpaired) electrons. The lowest BCUT2D eigenvalue weighted by molar-refractivity contribution is -0.132. The lowest BCUT2D eigenvalue weighted by atomic mass is 9.99. The lowest BCUT2D eigenvalue weighted by Crippen LogP contribution is -2.28. The van der Waals surface area contributed by atoms with Crippen molar-refractivity contribution in [2.75, 3.05) is 25.2 Å². The van der Waals surface area contributed by atoms with Gasteiger partial charge in [-0.25, -0.2) is 4.98 Å². The summed E-state index contributed by atoms with van der Waals surface area (Å²) in [6.07, 6.45) is 0. The van der Waals surface area contributed by atoms with Crippen LogP contribution in [-0.2, 0) is 9.59 Å². The summed E-state index contributed by atoms with van der Waals surface area (Å²) in [4.78, 5) is 33.8. The largest absolute Gasteiger partial charge is 0.507 e. The summed E-state index contributed by atoms with van der Waals surface area (Å²) in [5.41, 5.74) is 1.89. The number of amides is 1. The maximum atomic E-state index is 13.5. The number of nitrogens with zero attached hydrogens (tertiary/aromatic N) is 2. The predicted octanol–water partition coefficient (Wildman–Crippen LogP) is 6.10. The number of aliphatic hydroxyl groups excluding tert-OH is 1. The first-order chi connectivity index (χ1) is 18.4. The average Bonchev–Trinajstić information content (AvgIpc) is 3.62. The Bertz CT molecular complexity index is 1560. The van der Waals surface area contributed by atoms with E-state index in [4.69, 9.17) is 19.2 Å². The van der Waals surface area contributed by atoms with Gasteiger partial charge in [0, 0.05) is 10.9 Å². The van der Waals surface area contributed by atoms with Gasteiger partial charge in [-0.2, -0.15) is 0 Å². The summed E-state index contributed by atoms with van der Waals surface area (Å²) in [5, 5.41) is 13.8. The number of hydrogen-bond acceptors (Lipinski definition) is 9. The highest BCUT2D eigenvalue weighted by Crippen LogP contribution is 2.47. The minimum absolute atomic E-state index is 0.0180. The van der Waals surface area contributed by atoms with Crippen LogP contribution < -0.4 is 19.1 Å². The number of rotatable bonds is 8. The number of ether oxygens (including phenoxy) is 3. The van der Waals surface area contributed by atoms with Gasteiger partial charge in [0.05, 0.1) is 41.7 Å². The normalized spacial score (nSPS) is 16.8. The Balaban J connectivity index is 1.68. The molecule has 0 saturated carbocycles. The van der Waals surface area contributed by atoms with Crippen molar-refractivity contribution in [1.82, 2.24) is 4.98 Å². The molecule has 1 saturated heterocycles. The van der Waals surface area contributed by atoms with Crippen LogP contribution in [0.25, 0.3) is 16.0 Å². The van der Waals surface area contributed by atoms with Gasteiger partial charge in [-0.1, -0.05) is 17.4 Å². The molecular weight excluding hydrogens is 524 g/mol. The standard InChI is InChI=1S/C28H26N2O6S2/c1-5-35-16-9-10-17(20(13-16)36-6-2)25(31)23-24(21-8-7-11-37-21)30(27(33)26(23)32)28-29-18-12-15(3)19(34-4)14-22(18)38-28/h7-14,24,31H,5-6H2,1-4H3/b25-23+. The Morgan fingerprint density at radius 1 is 1.08 bits per heavy atom. The van der Waals surface area contributed by atoms with Gasteiger partial charge < -0.3 is 19.3 Å². The minimum atomic E-state index is -0.848. The van der Waals surface area contributed by atoms with E-state index in [1.54, 1.807) is 25.3 Å². The number of carbonyl (C=O) groups excluding carboxylic acids is 2. The number of aryl methyl sites for hydroxylation is 1. The number of fused-ring (bicyclic) bond motifs is 1. The number of thiazole rings is 1. The molecule has 3 heterocycles. The topological polar surface area (TPSA) is 98.2 Å². The molecule has 0 aliphatic carbocycles.